The van der Waals surface area contributed by atoms with Crippen molar-refractivity contribution in [3.63, 3.8) is 0 Å². The van der Waals surface area contributed by atoms with Crippen molar-refractivity contribution in [2.45, 2.75) is 31.2 Å². The zero-order valence-corrected chi connectivity index (χ0v) is 18.8. The van der Waals surface area contributed by atoms with E-state index < -0.39 is 0 Å². The van der Waals surface area contributed by atoms with Gasteiger partial charge in [0.05, 0.1) is 0 Å². The first kappa shape index (κ1) is 19.9. The number of H-pyrrole nitrogens is 1. The number of phenolic OH excluding ortho intramolecular Hbond substituents is 1. The number of benzene rings is 3. The molecule has 0 bridgehead atoms. The number of aromatic hydroxyl groups is 1. The van der Waals surface area contributed by atoms with E-state index in [9.17, 15) is 5.11 Å². The molecule has 1 fully saturated rings. The number of phenols is 1. The minimum atomic E-state index is 0.0313. The lowest BCUT2D eigenvalue weighted by Crippen LogP contribution is -2.53. The quantitative estimate of drug-likeness (QED) is 0.403. The highest BCUT2D eigenvalue weighted by molar-refractivity contribution is 6.31. The summed E-state index contributed by atoms with van der Waals surface area (Å²) >= 11 is 6.36. The molecule has 0 amide bonds. The molecule has 6 rings (SSSR count). The van der Waals surface area contributed by atoms with Gasteiger partial charge in [0.15, 0.2) is 0 Å². The first-order valence-corrected chi connectivity index (χ1v) is 11.8. The molecule has 2 N–H and O–H groups in total. The molecule has 4 aromatic rings. The van der Waals surface area contributed by atoms with Crippen LogP contribution in [0.2, 0.25) is 5.02 Å². The smallest absolute Gasteiger partial charge is 0.115 e. The molecule has 32 heavy (non-hydrogen) atoms. The lowest BCUT2D eigenvalue weighted by atomic mass is 9.58. The van der Waals surface area contributed by atoms with E-state index in [4.69, 9.17) is 11.6 Å². The Bertz CT molecular complexity index is 1280. The van der Waals surface area contributed by atoms with Crippen LogP contribution in [0.3, 0.4) is 0 Å². The van der Waals surface area contributed by atoms with Crippen LogP contribution in [0, 0.1) is 5.92 Å². The van der Waals surface area contributed by atoms with Gasteiger partial charge in [-0.15, -0.1) is 0 Å². The molecule has 3 nitrogen and oxygen atoms in total. The summed E-state index contributed by atoms with van der Waals surface area (Å²) in [6, 6.07) is 24.9. The number of rotatable bonds is 3. The van der Waals surface area contributed by atoms with Gasteiger partial charge in [-0.25, -0.2) is 0 Å². The van der Waals surface area contributed by atoms with Crippen LogP contribution < -0.4 is 0 Å². The fourth-order valence-corrected chi connectivity index (χ4v) is 6.31. The molecule has 0 saturated carbocycles. The maximum absolute atomic E-state index is 10.3. The number of piperidine rings is 1. The van der Waals surface area contributed by atoms with Crippen LogP contribution >= 0.6 is 11.6 Å². The monoisotopic (exact) mass is 442 g/mol. The largest absolute Gasteiger partial charge is 0.508 e. The zero-order chi connectivity index (χ0) is 21.7. The third-order valence-electron chi connectivity index (χ3n) is 7.70. The lowest BCUT2D eigenvalue weighted by Gasteiger charge is -2.51. The summed E-state index contributed by atoms with van der Waals surface area (Å²) < 4.78 is 0. The lowest BCUT2D eigenvalue weighted by molar-refractivity contribution is 0.0765. The van der Waals surface area contributed by atoms with E-state index in [1.54, 1.807) is 6.07 Å². The molecule has 2 aliphatic rings. The molecule has 2 heterocycles. The third kappa shape index (κ3) is 3.32. The Hall–Kier alpha value is -2.75. The topological polar surface area (TPSA) is 39.3 Å². The maximum Gasteiger partial charge on any atom is 0.115 e. The number of hydrogen-bond donors (Lipinski definition) is 2. The number of likely N-dealkylation sites (tertiary alicyclic amines) is 1. The summed E-state index contributed by atoms with van der Waals surface area (Å²) in [5, 5.41) is 12.3. The van der Waals surface area contributed by atoms with Crippen LogP contribution in [0.1, 0.15) is 28.8 Å². The highest BCUT2D eigenvalue weighted by Gasteiger charge is 2.48. The van der Waals surface area contributed by atoms with Crippen molar-refractivity contribution in [1.29, 1.82) is 0 Å². The molecule has 1 saturated heterocycles. The zero-order valence-electron chi connectivity index (χ0n) is 18.0. The van der Waals surface area contributed by atoms with Crippen molar-refractivity contribution >= 4 is 22.5 Å². The average Bonchev–Trinajstić information content (AvgIpc) is 3.14. The number of nitrogens with zero attached hydrogens (tertiary/aromatic N) is 1. The Labute approximate surface area is 193 Å². The van der Waals surface area contributed by atoms with Gasteiger partial charge in [0, 0.05) is 40.1 Å². The van der Waals surface area contributed by atoms with Crippen molar-refractivity contribution < 1.29 is 5.11 Å². The van der Waals surface area contributed by atoms with Crippen molar-refractivity contribution in [1.82, 2.24) is 9.88 Å². The summed E-state index contributed by atoms with van der Waals surface area (Å²) in [5.74, 6) is 0.837. The van der Waals surface area contributed by atoms with Gasteiger partial charge in [-0.2, -0.15) is 0 Å². The van der Waals surface area contributed by atoms with Crippen LogP contribution in [0.15, 0.2) is 72.8 Å². The molecule has 1 unspecified atom stereocenters. The molecular weight excluding hydrogens is 416 g/mol. The van der Waals surface area contributed by atoms with E-state index >= 15 is 0 Å². The van der Waals surface area contributed by atoms with Crippen molar-refractivity contribution in [2.75, 3.05) is 13.1 Å². The van der Waals surface area contributed by atoms with Crippen molar-refractivity contribution in [2.24, 2.45) is 5.92 Å². The van der Waals surface area contributed by atoms with E-state index in [0.29, 0.717) is 11.7 Å². The van der Waals surface area contributed by atoms with Gasteiger partial charge in [0.1, 0.15) is 5.75 Å². The van der Waals surface area contributed by atoms with Gasteiger partial charge < -0.3 is 10.1 Å². The van der Waals surface area contributed by atoms with Crippen molar-refractivity contribution in [3.05, 3.63) is 100 Å². The van der Waals surface area contributed by atoms with Crippen LogP contribution in [-0.2, 0) is 24.8 Å². The fraction of sp³-hybridized carbons (Fsp3) is 0.286. The molecule has 3 aromatic carbocycles. The SMILES string of the molecule is Oc1cccc([C@@]23CCN(Cc4ccccc4)CC2Cc2c([nH]c4ccc(Cl)cc24)C3)c1. The van der Waals surface area contributed by atoms with E-state index in [2.05, 4.69) is 58.4 Å². The second kappa shape index (κ2) is 7.68. The van der Waals surface area contributed by atoms with Crippen LogP contribution in [-0.4, -0.2) is 28.1 Å². The van der Waals surface area contributed by atoms with Gasteiger partial charge in [-0.05, 0) is 78.7 Å². The van der Waals surface area contributed by atoms with E-state index in [1.165, 1.54) is 33.3 Å². The Morgan fingerprint density at radius 2 is 1.91 bits per heavy atom. The third-order valence-corrected chi connectivity index (χ3v) is 7.94. The molecule has 2 atom stereocenters. The first-order valence-electron chi connectivity index (χ1n) is 11.5. The van der Waals surface area contributed by atoms with E-state index in [0.717, 1.165) is 43.9 Å². The number of halogens is 1. The molecule has 0 spiro atoms. The van der Waals surface area contributed by atoms with Crippen LogP contribution in [0.25, 0.3) is 10.9 Å². The second-order valence-corrected chi connectivity index (χ2v) is 9.96. The van der Waals surface area contributed by atoms with Gasteiger partial charge in [-0.3, -0.25) is 4.90 Å². The minimum absolute atomic E-state index is 0.0313. The maximum atomic E-state index is 10.3. The predicted octanol–water partition coefficient (Wildman–Crippen LogP) is 6.09. The molecule has 1 aliphatic heterocycles. The van der Waals surface area contributed by atoms with Gasteiger partial charge in [-0.1, -0.05) is 54.1 Å². The molecule has 0 radical (unpaired) electrons. The average molecular weight is 443 g/mol. The number of hydrogen-bond acceptors (Lipinski definition) is 2. The summed E-state index contributed by atoms with van der Waals surface area (Å²) in [4.78, 5) is 6.31. The molecule has 162 valence electrons. The second-order valence-electron chi connectivity index (χ2n) is 9.53. The summed E-state index contributed by atoms with van der Waals surface area (Å²) in [6.07, 6.45) is 3.09. The number of aromatic amines is 1. The predicted molar refractivity (Wildman–Crippen MR) is 130 cm³/mol. The van der Waals surface area contributed by atoms with Gasteiger partial charge in [0.25, 0.3) is 0 Å². The Morgan fingerprint density at radius 3 is 2.75 bits per heavy atom. The molecular formula is C28H27ClN2O. The molecule has 1 aromatic heterocycles. The fourth-order valence-electron chi connectivity index (χ4n) is 6.14. The molecule has 1 aliphatic carbocycles. The van der Waals surface area contributed by atoms with Gasteiger partial charge >= 0.3 is 0 Å². The standard InChI is InChI=1S/C28H27ClN2O/c29-22-9-10-26-25(15-22)24-14-21-18-31(17-19-5-2-1-3-6-19)12-11-28(21,16-27(24)30-26)20-7-4-8-23(32)13-20/h1-10,13,15,21,30,32H,11-12,14,16-18H2/t21?,28-/m0/s1. The summed E-state index contributed by atoms with van der Waals surface area (Å²) in [7, 11) is 0. The number of nitrogens with one attached hydrogen (secondary N) is 1. The molecule has 4 heteroatoms. The Kier molecular flexibility index (Phi) is 4.78. The minimum Gasteiger partial charge on any atom is -0.508 e. The van der Waals surface area contributed by atoms with E-state index in [-0.39, 0.29) is 5.41 Å². The summed E-state index contributed by atoms with van der Waals surface area (Å²) in [6.45, 7) is 3.10. The summed E-state index contributed by atoms with van der Waals surface area (Å²) in [5.41, 5.74) is 6.59. The van der Waals surface area contributed by atoms with Crippen molar-refractivity contribution in [3.8, 4) is 5.75 Å². The van der Waals surface area contributed by atoms with E-state index in [1.807, 2.05) is 18.2 Å². The normalized spacial score (nSPS) is 23.1. The number of fused-ring (bicyclic) bond motifs is 4. The highest BCUT2D eigenvalue weighted by Crippen LogP contribution is 2.49. The first-order chi connectivity index (χ1) is 15.6. The van der Waals surface area contributed by atoms with Crippen LogP contribution in [0.5, 0.6) is 5.75 Å². The Morgan fingerprint density at radius 1 is 1.03 bits per heavy atom. The highest BCUT2D eigenvalue weighted by atomic mass is 35.5. The Balaban J connectivity index is 1.41. The number of aromatic nitrogens is 1. The van der Waals surface area contributed by atoms with Crippen LogP contribution in [0.4, 0.5) is 0 Å². The van der Waals surface area contributed by atoms with Gasteiger partial charge in [0.2, 0.25) is 0 Å².